The molecule has 0 bridgehead atoms. The van der Waals surface area contributed by atoms with Gasteiger partial charge in [-0.2, -0.15) is 0 Å². The fourth-order valence-electron chi connectivity index (χ4n) is 3.22. The highest BCUT2D eigenvalue weighted by atomic mass is 79.9. The first kappa shape index (κ1) is 18.5. The highest BCUT2D eigenvalue weighted by Gasteiger charge is 2.12. The molecule has 0 aliphatic heterocycles. The summed E-state index contributed by atoms with van der Waals surface area (Å²) < 4.78 is 12.5. The molecule has 4 rings (SSSR count). The van der Waals surface area contributed by atoms with Crippen LogP contribution in [0.2, 0.25) is 0 Å². The molecule has 0 fully saturated rings. The molecule has 3 nitrogen and oxygen atoms in total. The SMILES string of the molecule is Cc1c(Cc2ccccc2)c(=O)oc2cc(OCc3ccc(Br)cc3)ccc12. The largest absolute Gasteiger partial charge is 0.489 e. The van der Waals surface area contributed by atoms with E-state index in [0.29, 0.717) is 29.9 Å². The molecule has 0 radical (unpaired) electrons. The molecule has 1 aromatic heterocycles. The molecule has 3 aromatic carbocycles. The Morgan fingerprint density at radius 3 is 2.43 bits per heavy atom. The van der Waals surface area contributed by atoms with Crippen LogP contribution >= 0.6 is 15.9 Å². The van der Waals surface area contributed by atoms with Crippen molar-refractivity contribution in [3.63, 3.8) is 0 Å². The van der Waals surface area contributed by atoms with E-state index in [9.17, 15) is 4.79 Å². The molecular weight excluding hydrogens is 416 g/mol. The molecule has 0 saturated carbocycles. The van der Waals surface area contributed by atoms with Gasteiger partial charge in [0, 0.05) is 27.9 Å². The van der Waals surface area contributed by atoms with Crippen molar-refractivity contribution in [1.29, 1.82) is 0 Å². The molecule has 0 amide bonds. The summed E-state index contributed by atoms with van der Waals surface area (Å²) in [5.41, 5.74) is 4.06. The van der Waals surface area contributed by atoms with Crippen LogP contribution in [0.1, 0.15) is 22.3 Å². The number of benzene rings is 3. The lowest BCUT2D eigenvalue weighted by Gasteiger charge is -2.10. The predicted molar refractivity (Wildman–Crippen MR) is 115 cm³/mol. The van der Waals surface area contributed by atoms with Gasteiger partial charge in [0.1, 0.15) is 17.9 Å². The van der Waals surface area contributed by atoms with E-state index >= 15 is 0 Å². The third-order valence-electron chi connectivity index (χ3n) is 4.80. The van der Waals surface area contributed by atoms with Gasteiger partial charge >= 0.3 is 5.63 Å². The smallest absolute Gasteiger partial charge is 0.340 e. The van der Waals surface area contributed by atoms with Crippen molar-refractivity contribution in [3.8, 4) is 5.75 Å². The summed E-state index contributed by atoms with van der Waals surface area (Å²) in [6, 6.07) is 23.6. The number of hydrogen-bond acceptors (Lipinski definition) is 3. The lowest BCUT2D eigenvalue weighted by Crippen LogP contribution is -2.11. The van der Waals surface area contributed by atoms with Gasteiger partial charge in [0.2, 0.25) is 0 Å². The van der Waals surface area contributed by atoms with Gasteiger partial charge in [0.25, 0.3) is 0 Å². The Labute approximate surface area is 171 Å². The van der Waals surface area contributed by atoms with Crippen LogP contribution in [0, 0.1) is 6.92 Å². The second-order valence-electron chi connectivity index (χ2n) is 6.73. The third-order valence-corrected chi connectivity index (χ3v) is 5.33. The van der Waals surface area contributed by atoms with E-state index in [1.807, 2.05) is 73.7 Å². The van der Waals surface area contributed by atoms with Crippen molar-refractivity contribution in [2.45, 2.75) is 20.0 Å². The van der Waals surface area contributed by atoms with Crippen molar-refractivity contribution in [3.05, 3.63) is 110 Å². The lowest BCUT2D eigenvalue weighted by molar-refractivity contribution is 0.306. The Morgan fingerprint density at radius 1 is 0.929 bits per heavy atom. The van der Waals surface area contributed by atoms with Crippen LogP contribution < -0.4 is 10.4 Å². The zero-order valence-electron chi connectivity index (χ0n) is 15.4. The average Bonchev–Trinajstić information content (AvgIpc) is 2.71. The van der Waals surface area contributed by atoms with Crippen LogP contribution in [0.4, 0.5) is 0 Å². The van der Waals surface area contributed by atoms with E-state index in [1.165, 1.54) is 0 Å². The Morgan fingerprint density at radius 2 is 1.68 bits per heavy atom. The maximum Gasteiger partial charge on any atom is 0.340 e. The van der Waals surface area contributed by atoms with Crippen molar-refractivity contribution >= 4 is 26.9 Å². The molecule has 140 valence electrons. The number of aryl methyl sites for hydroxylation is 1. The first-order chi connectivity index (χ1) is 13.6. The Hall–Kier alpha value is -2.85. The zero-order valence-corrected chi connectivity index (χ0v) is 17.0. The Bertz CT molecular complexity index is 1160. The molecule has 0 spiro atoms. The molecule has 0 aliphatic carbocycles. The van der Waals surface area contributed by atoms with E-state index in [1.54, 1.807) is 6.07 Å². The van der Waals surface area contributed by atoms with Gasteiger partial charge in [0.15, 0.2) is 0 Å². The summed E-state index contributed by atoms with van der Waals surface area (Å²) in [6.07, 6.45) is 0.562. The number of rotatable bonds is 5. The van der Waals surface area contributed by atoms with Crippen molar-refractivity contribution in [2.75, 3.05) is 0 Å². The van der Waals surface area contributed by atoms with E-state index in [-0.39, 0.29) is 5.63 Å². The summed E-state index contributed by atoms with van der Waals surface area (Å²) in [5.74, 6) is 0.675. The number of fused-ring (bicyclic) bond motifs is 1. The first-order valence-electron chi connectivity index (χ1n) is 9.07. The number of hydrogen-bond donors (Lipinski definition) is 0. The molecule has 4 heteroatoms. The van der Waals surface area contributed by atoms with Gasteiger partial charge in [-0.05, 0) is 47.9 Å². The van der Waals surface area contributed by atoms with Crippen LogP contribution in [0.3, 0.4) is 0 Å². The monoisotopic (exact) mass is 434 g/mol. The van der Waals surface area contributed by atoms with Crippen LogP contribution in [0.5, 0.6) is 5.75 Å². The average molecular weight is 435 g/mol. The number of ether oxygens (including phenoxy) is 1. The van der Waals surface area contributed by atoms with Crippen molar-refractivity contribution in [2.24, 2.45) is 0 Å². The lowest BCUT2D eigenvalue weighted by atomic mass is 10.00. The van der Waals surface area contributed by atoms with Crippen LogP contribution in [0.25, 0.3) is 11.0 Å². The molecule has 0 N–H and O–H groups in total. The summed E-state index contributed by atoms with van der Waals surface area (Å²) in [5, 5.41) is 0.932. The second kappa shape index (κ2) is 8.03. The van der Waals surface area contributed by atoms with E-state index in [4.69, 9.17) is 9.15 Å². The van der Waals surface area contributed by atoms with Crippen molar-refractivity contribution in [1.82, 2.24) is 0 Å². The van der Waals surface area contributed by atoms with E-state index < -0.39 is 0 Å². The number of halogens is 1. The maximum absolute atomic E-state index is 12.6. The molecule has 28 heavy (non-hydrogen) atoms. The Kier molecular flexibility index (Phi) is 5.31. The second-order valence-corrected chi connectivity index (χ2v) is 7.64. The molecule has 4 aromatic rings. The highest BCUT2D eigenvalue weighted by Crippen LogP contribution is 2.26. The Balaban J connectivity index is 1.60. The highest BCUT2D eigenvalue weighted by molar-refractivity contribution is 9.10. The van der Waals surface area contributed by atoms with Crippen LogP contribution in [-0.4, -0.2) is 0 Å². The molecule has 0 atom stereocenters. The predicted octanol–water partition coefficient (Wildman–Crippen LogP) is 6.03. The van der Waals surface area contributed by atoms with Gasteiger partial charge in [-0.15, -0.1) is 0 Å². The maximum atomic E-state index is 12.6. The minimum Gasteiger partial charge on any atom is -0.489 e. The minimum absolute atomic E-state index is 0.293. The molecule has 0 saturated heterocycles. The van der Waals surface area contributed by atoms with Gasteiger partial charge in [0.05, 0.1) is 0 Å². The fourth-order valence-corrected chi connectivity index (χ4v) is 3.48. The van der Waals surface area contributed by atoms with Gasteiger partial charge in [-0.3, -0.25) is 0 Å². The summed E-state index contributed by atoms with van der Waals surface area (Å²) in [7, 11) is 0. The summed E-state index contributed by atoms with van der Waals surface area (Å²) in [4.78, 5) is 12.6. The van der Waals surface area contributed by atoms with Crippen LogP contribution in [-0.2, 0) is 13.0 Å². The summed E-state index contributed by atoms with van der Waals surface area (Å²) in [6.45, 7) is 2.42. The van der Waals surface area contributed by atoms with Crippen LogP contribution in [0.15, 0.2) is 86.5 Å². The fraction of sp³-hybridized carbons (Fsp3) is 0.125. The molecular formula is C24H19BrO3. The third kappa shape index (κ3) is 4.02. The van der Waals surface area contributed by atoms with Crippen molar-refractivity contribution < 1.29 is 9.15 Å². The molecule has 0 aliphatic rings. The zero-order chi connectivity index (χ0) is 19.5. The van der Waals surface area contributed by atoms with Gasteiger partial charge in [-0.25, -0.2) is 4.79 Å². The minimum atomic E-state index is -0.293. The molecule has 1 heterocycles. The van der Waals surface area contributed by atoms with Gasteiger partial charge < -0.3 is 9.15 Å². The quantitative estimate of drug-likeness (QED) is 0.359. The molecule has 0 unspecified atom stereocenters. The van der Waals surface area contributed by atoms with E-state index in [0.717, 1.165) is 26.5 Å². The summed E-state index contributed by atoms with van der Waals surface area (Å²) >= 11 is 3.43. The standard InChI is InChI=1S/C24H19BrO3/c1-16-21-12-11-20(27-15-18-7-9-19(25)10-8-18)14-23(21)28-24(26)22(16)13-17-5-3-2-4-6-17/h2-12,14H,13,15H2,1H3. The topological polar surface area (TPSA) is 39.4 Å². The van der Waals surface area contributed by atoms with Gasteiger partial charge in [-0.1, -0.05) is 58.4 Å². The normalized spacial score (nSPS) is 10.9. The van der Waals surface area contributed by atoms with E-state index in [2.05, 4.69) is 15.9 Å². The first-order valence-corrected chi connectivity index (χ1v) is 9.87.